The number of hydrogen-bond donors (Lipinski definition) is 1. The van der Waals surface area contributed by atoms with E-state index in [1.165, 1.54) is 0 Å². The van der Waals surface area contributed by atoms with Crippen LogP contribution in [0.15, 0.2) is 0 Å². The van der Waals surface area contributed by atoms with Gasteiger partial charge in [-0.1, -0.05) is 0 Å². The fraction of sp³-hybridized carbons (Fsp3) is 0.900. The van der Waals surface area contributed by atoms with Crippen molar-refractivity contribution in [2.24, 2.45) is 0 Å². The smallest absolute Gasteiger partial charge is 0.320 e. The van der Waals surface area contributed by atoms with Gasteiger partial charge in [0, 0.05) is 32.2 Å². The Morgan fingerprint density at radius 1 is 1.50 bits per heavy atom. The van der Waals surface area contributed by atoms with Gasteiger partial charge in [0.2, 0.25) is 0 Å². The van der Waals surface area contributed by atoms with E-state index in [9.17, 15) is 4.79 Å². The minimum Gasteiger partial charge on any atom is -0.325 e. The summed E-state index contributed by atoms with van der Waals surface area (Å²) in [6.45, 7) is 7.39. The molecule has 0 bridgehead atoms. The molecule has 1 heterocycles. The maximum atomic E-state index is 11.9. The van der Waals surface area contributed by atoms with Crippen LogP contribution in [0.1, 0.15) is 20.3 Å². The maximum Gasteiger partial charge on any atom is 0.320 e. The molecule has 4 nitrogen and oxygen atoms in total. The van der Waals surface area contributed by atoms with Crippen LogP contribution in [0.4, 0.5) is 4.79 Å². The second kappa shape index (κ2) is 5.20. The number of likely N-dealkylation sites (tertiary alicyclic amines) is 1. The van der Waals surface area contributed by atoms with Gasteiger partial charge in [0.05, 0.1) is 0 Å². The van der Waals surface area contributed by atoms with E-state index in [2.05, 4.69) is 5.32 Å². The maximum absolute atomic E-state index is 11.9. The number of nitrogens with one attached hydrogen (secondary N) is 1. The Balaban J connectivity index is 2.45. The summed E-state index contributed by atoms with van der Waals surface area (Å²) in [6, 6.07) is 0.669. The number of nitrogens with zero attached hydrogens (tertiary/aromatic N) is 2. The summed E-state index contributed by atoms with van der Waals surface area (Å²) >= 11 is 0. The standard InChI is InChI=1S/C10H21N3O/c1-4-12(5-2)10(14)13-7-6-9(8-13)11-3/h9,11H,4-8H2,1-3H3/t9-/m1/s1. The lowest BCUT2D eigenvalue weighted by molar-refractivity contribution is 0.166. The zero-order valence-corrected chi connectivity index (χ0v) is 9.42. The predicted octanol–water partition coefficient (Wildman–Crippen LogP) is 0.742. The molecule has 14 heavy (non-hydrogen) atoms. The van der Waals surface area contributed by atoms with Crippen LogP contribution in [0, 0.1) is 0 Å². The molecule has 0 aliphatic carbocycles. The van der Waals surface area contributed by atoms with Gasteiger partial charge in [0.15, 0.2) is 0 Å². The number of hydrogen-bond acceptors (Lipinski definition) is 2. The second-order valence-electron chi connectivity index (χ2n) is 3.68. The lowest BCUT2D eigenvalue weighted by atomic mass is 10.3. The van der Waals surface area contributed by atoms with E-state index in [4.69, 9.17) is 0 Å². The van der Waals surface area contributed by atoms with Gasteiger partial charge in [-0.3, -0.25) is 0 Å². The summed E-state index contributed by atoms with van der Waals surface area (Å²) in [4.78, 5) is 15.7. The van der Waals surface area contributed by atoms with Crippen LogP contribution in [0.5, 0.6) is 0 Å². The van der Waals surface area contributed by atoms with Crippen LogP contribution in [-0.4, -0.2) is 55.1 Å². The molecule has 1 fully saturated rings. The molecule has 2 amide bonds. The van der Waals surface area contributed by atoms with Crippen LogP contribution in [0.25, 0.3) is 0 Å². The Hall–Kier alpha value is -0.770. The average Bonchev–Trinajstić information content (AvgIpc) is 2.67. The van der Waals surface area contributed by atoms with Crippen molar-refractivity contribution in [2.75, 3.05) is 33.2 Å². The molecule has 1 N–H and O–H groups in total. The molecule has 1 saturated heterocycles. The fourth-order valence-electron chi connectivity index (χ4n) is 1.86. The van der Waals surface area contributed by atoms with E-state index in [1.807, 2.05) is 30.7 Å². The monoisotopic (exact) mass is 199 g/mol. The molecular weight excluding hydrogens is 178 g/mol. The first-order valence-corrected chi connectivity index (χ1v) is 5.44. The molecule has 1 atom stereocenters. The molecule has 1 rings (SSSR count). The van der Waals surface area contributed by atoms with E-state index < -0.39 is 0 Å². The summed E-state index contributed by atoms with van der Waals surface area (Å²) in [6.07, 6.45) is 1.07. The number of likely N-dealkylation sites (N-methyl/N-ethyl adjacent to an activating group) is 1. The lowest BCUT2D eigenvalue weighted by Gasteiger charge is -2.25. The van der Waals surface area contributed by atoms with Gasteiger partial charge >= 0.3 is 6.03 Å². The molecule has 1 aliphatic rings. The highest BCUT2D eigenvalue weighted by Gasteiger charge is 2.27. The summed E-state index contributed by atoms with van der Waals surface area (Å²) in [5, 5.41) is 3.21. The fourth-order valence-corrected chi connectivity index (χ4v) is 1.86. The third kappa shape index (κ3) is 2.38. The zero-order valence-electron chi connectivity index (χ0n) is 9.42. The van der Waals surface area contributed by atoms with Crippen molar-refractivity contribution in [3.05, 3.63) is 0 Å². The first kappa shape index (κ1) is 11.3. The second-order valence-corrected chi connectivity index (χ2v) is 3.68. The van der Waals surface area contributed by atoms with Crippen LogP contribution >= 0.6 is 0 Å². The van der Waals surface area contributed by atoms with Gasteiger partial charge in [-0.25, -0.2) is 4.79 Å². The summed E-state index contributed by atoms with van der Waals surface area (Å²) in [7, 11) is 1.95. The number of amides is 2. The van der Waals surface area contributed by atoms with Crippen molar-refractivity contribution in [3.63, 3.8) is 0 Å². The molecule has 0 aromatic carbocycles. The van der Waals surface area contributed by atoms with E-state index in [0.717, 1.165) is 32.6 Å². The van der Waals surface area contributed by atoms with Crippen LogP contribution in [0.3, 0.4) is 0 Å². The van der Waals surface area contributed by atoms with Crippen LogP contribution < -0.4 is 5.32 Å². The van der Waals surface area contributed by atoms with Crippen molar-refractivity contribution in [2.45, 2.75) is 26.3 Å². The molecule has 0 radical (unpaired) electrons. The highest BCUT2D eigenvalue weighted by molar-refractivity contribution is 5.74. The summed E-state index contributed by atoms with van der Waals surface area (Å²) < 4.78 is 0. The molecule has 0 spiro atoms. The molecule has 4 heteroatoms. The molecule has 0 saturated carbocycles. The van der Waals surface area contributed by atoms with Gasteiger partial charge < -0.3 is 15.1 Å². The third-order valence-corrected chi connectivity index (χ3v) is 2.90. The van der Waals surface area contributed by atoms with Crippen LogP contribution in [0.2, 0.25) is 0 Å². The quantitative estimate of drug-likeness (QED) is 0.727. The molecule has 1 aliphatic heterocycles. The molecule has 0 aromatic rings. The van der Waals surface area contributed by atoms with Gasteiger partial charge in [0.25, 0.3) is 0 Å². The highest BCUT2D eigenvalue weighted by atomic mass is 16.2. The number of carbonyl (C=O) groups is 1. The first-order chi connectivity index (χ1) is 6.72. The Labute approximate surface area is 86.2 Å². The van der Waals surface area contributed by atoms with E-state index in [-0.39, 0.29) is 6.03 Å². The highest BCUT2D eigenvalue weighted by Crippen LogP contribution is 2.11. The number of rotatable bonds is 3. The lowest BCUT2D eigenvalue weighted by Crippen LogP contribution is -2.43. The van der Waals surface area contributed by atoms with E-state index in [0.29, 0.717) is 6.04 Å². The van der Waals surface area contributed by atoms with E-state index >= 15 is 0 Å². The van der Waals surface area contributed by atoms with Crippen molar-refractivity contribution in [1.82, 2.24) is 15.1 Å². The van der Waals surface area contributed by atoms with Gasteiger partial charge in [-0.05, 0) is 27.3 Å². The largest absolute Gasteiger partial charge is 0.325 e. The zero-order chi connectivity index (χ0) is 10.6. The minimum atomic E-state index is 0.188. The Bertz CT molecular complexity index is 192. The molecule has 0 unspecified atom stereocenters. The van der Waals surface area contributed by atoms with Gasteiger partial charge in [-0.15, -0.1) is 0 Å². The van der Waals surface area contributed by atoms with E-state index in [1.54, 1.807) is 0 Å². The van der Waals surface area contributed by atoms with Crippen LogP contribution in [-0.2, 0) is 0 Å². The minimum absolute atomic E-state index is 0.188. The third-order valence-electron chi connectivity index (χ3n) is 2.90. The number of urea groups is 1. The molecule has 82 valence electrons. The van der Waals surface area contributed by atoms with Crippen molar-refractivity contribution in [1.29, 1.82) is 0 Å². The predicted molar refractivity (Wildman–Crippen MR) is 57.4 cm³/mol. The SMILES string of the molecule is CCN(CC)C(=O)N1CC[C@@H](NC)C1. The molecule has 0 aromatic heterocycles. The Kier molecular flexibility index (Phi) is 4.20. The Morgan fingerprint density at radius 2 is 2.14 bits per heavy atom. The topological polar surface area (TPSA) is 35.6 Å². The first-order valence-electron chi connectivity index (χ1n) is 5.44. The van der Waals surface area contributed by atoms with Gasteiger partial charge in [0.1, 0.15) is 0 Å². The number of carbonyl (C=O) groups excluding carboxylic acids is 1. The summed E-state index contributed by atoms with van der Waals surface area (Å²) in [5.74, 6) is 0. The normalized spacial score (nSPS) is 21.4. The van der Waals surface area contributed by atoms with Crippen molar-refractivity contribution in [3.8, 4) is 0 Å². The van der Waals surface area contributed by atoms with Crippen molar-refractivity contribution >= 4 is 6.03 Å². The average molecular weight is 199 g/mol. The molecular formula is C10H21N3O. The Morgan fingerprint density at radius 3 is 2.57 bits per heavy atom. The van der Waals surface area contributed by atoms with Gasteiger partial charge in [-0.2, -0.15) is 0 Å². The van der Waals surface area contributed by atoms with Crippen molar-refractivity contribution < 1.29 is 4.79 Å². The summed E-state index contributed by atoms with van der Waals surface area (Å²) in [5.41, 5.74) is 0.